The lowest BCUT2D eigenvalue weighted by Gasteiger charge is -2.12. The van der Waals surface area contributed by atoms with Gasteiger partial charge in [0.1, 0.15) is 11.6 Å². The molecule has 2 rings (SSSR count). The average molecular weight is 341 g/mol. The highest BCUT2D eigenvalue weighted by atomic mass is 32.2. The number of ether oxygens (including phenoxy) is 1. The van der Waals surface area contributed by atoms with E-state index in [4.69, 9.17) is 0 Å². The van der Waals surface area contributed by atoms with E-state index < -0.39 is 32.5 Å². The fourth-order valence-electron chi connectivity index (χ4n) is 1.86. The Kier molecular flexibility index (Phi) is 4.65. The number of anilines is 1. The maximum atomic E-state index is 13.2. The van der Waals surface area contributed by atoms with Crippen molar-refractivity contribution >= 4 is 21.7 Å². The normalized spacial score (nSPS) is 11.1. The number of benzene rings is 2. The second-order valence-electron chi connectivity index (χ2n) is 4.73. The lowest BCUT2D eigenvalue weighted by Crippen LogP contribution is -2.15. The third-order valence-corrected chi connectivity index (χ3v) is 4.39. The minimum Gasteiger partial charge on any atom is -0.465 e. The number of aryl methyl sites for hydroxylation is 1. The number of hydrogen-bond donors (Lipinski definition) is 1. The molecule has 0 amide bonds. The van der Waals surface area contributed by atoms with E-state index in [1.165, 1.54) is 25.3 Å². The molecule has 0 aliphatic heterocycles. The van der Waals surface area contributed by atoms with E-state index in [2.05, 4.69) is 9.46 Å². The van der Waals surface area contributed by atoms with Gasteiger partial charge in [0.15, 0.2) is 0 Å². The Balaban J connectivity index is 2.42. The summed E-state index contributed by atoms with van der Waals surface area (Å²) in [6, 6.07) is 6.25. The Morgan fingerprint density at radius 1 is 1.09 bits per heavy atom. The van der Waals surface area contributed by atoms with Gasteiger partial charge in [-0.2, -0.15) is 0 Å². The Morgan fingerprint density at radius 2 is 1.70 bits per heavy atom. The van der Waals surface area contributed by atoms with Crippen molar-refractivity contribution < 1.29 is 26.7 Å². The lowest BCUT2D eigenvalue weighted by molar-refractivity contribution is 0.0600. The number of methoxy groups -OCH3 is 1. The summed E-state index contributed by atoms with van der Waals surface area (Å²) in [6.07, 6.45) is 0. The van der Waals surface area contributed by atoms with Crippen LogP contribution in [0.2, 0.25) is 0 Å². The summed E-state index contributed by atoms with van der Waals surface area (Å²) in [6.45, 7) is 1.62. The van der Waals surface area contributed by atoms with E-state index in [1.54, 1.807) is 6.92 Å². The molecular formula is C15H13F2NO4S. The van der Waals surface area contributed by atoms with Gasteiger partial charge < -0.3 is 4.74 Å². The molecule has 0 saturated carbocycles. The summed E-state index contributed by atoms with van der Waals surface area (Å²) in [5.74, 6) is -2.65. The quantitative estimate of drug-likeness (QED) is 0.868. The first-order valence-electron chi connectivity index (χ1n) is 6.41. The molecule has 0 aromatic heterocycles. The third kappa shape index (κ3) is 3.84. The Bertz CT molecular complexity index is 846. The number of halogens is 2. The van der Waals surface area contributed by atoms with Crippen LogP contribution in [0.1, 0.15) is 15.9 Å². The molecule has 0 bridgehead atoms. The fraction of sp³-hybridized carbons (Fsp3) is 0.133. The van der Waals surface area contributed by atoms with Crippen LogP contribution in [0.25, 0.3) is 0 Å². The van der Waals surface area contributed by atoms with Crippen molar-refractivity contribution in [3.8, 4) is 0 Å². The van der Waals surface area contributed by atoms with Crippen LogP contribution in [-0.2, 0) is 14.8 Å². The van der Waals surface area contributed by atoms with E-state index in [0.29, 0.717) is 23.8 Å². The first-order valence-corrected chi connectivity index (χ1v) is 7.89. The first-order chi connectivity index (χ1) is 10.7. The smallest absolute Gasteiger partial charge is 0.337 e. The average Bonchev–Trinajstić information content (AvgIpc) is 2.47. The van der Waals surface area contributed by atoms with Crippen molar-refractivity contribution in [2.24, 2.45) is 0 Å². The number of hydrogen-bond acceptors (Lipinski definition) is 4. The minimum atomic E-state index is -4.21. The van der Waals surface area contributed by atoms with Gasteiger partial charge in [0.25, 0.3) is 10.0 Å². The van der Waals surface area contributed by atoms with Crippen molar-refractivity contribution in [2.45, 2.75) is 11.8 Å². The van der Waals surface area contributed by atoms with Crippen LogP contribution in [0, 0.1) is 18.6 Å². The zero-order valence-corrected chi connectivity index (χ0v) is 13.1. The van der Waals surface area contributed by atoms with E-state index in [0.717, 1.165) is 0 Å². The highest BCUT2D eigenvalue weighted by molar-refractivity contribution is 7.92. The molecule has 0 heterocycles. The van der Waals surface area contributed by atoms with Crippen LogP contribution in [-0.4, -0.2) is 21.5 Å². The maximum Gasteiger partial charge on any atom is 0.337 e. The third-order valence-electron chi connectivity index (χ3n) is 3.05. The SMILES string of the molecule is COC(=O)c1ccc(C)c(NS(=O)(=O)c2cc(F)cc(F)c2)c1. The molecule has 0 fully saturated rings. The summed E-state index contributed by atoms with van der Waals surface area (Å²) in [4.78, 5) is 10.9. The van der Waals surface area contributed by atoms with Gasteiger partial charge >= 0.3 is 5.97 Å². The maximum absolute atomic E-state index is 13.2. The Morgan fingerprint density at radius 3 is 2.26 bits per heavy atom. The highest BCUT2D eigenvalue weighted by Crippen LogP contribution is 2.22. The molecule has 0 aliphatic carbocycles. The number of rotatable bonds is 4. The number of nitrogens with one attached hydrogen (secondary N) is 1. The van der Waals surface area contributed by atoms with E-state index in [-0.39, 0.29) is 11.3 Å². The summed E-state index contributed by atoms with van der Waals surface area (Å²) in [7, 11) is -3.02. The predicted octanol–water partition coefficient (Wildman–Crippen LogP) is 2.86. The molecule has 8 heteroatoms. The van der Waals surface area contributed by atoms with Gasteiger partial charge in [0.05, 0.1) is 23.3 Å². The molecule has 2 aromatic carbocycles. The Hall–Kier alpha value is -2.48. The molecule has 0 atom stereocenters. The zero-order chi connectivity index (χ0) is 17.2. The molecule has 0 unspecified atom stereocenters. The van der Waals surface area contributed by atoms with Crippen molar-refractivity contribution in [1.29, 1.82) is 0 Å². The fourth-order valence-corrected chi connectivity index (χ4v) is 3.03. The van der Waals surface area contributed by atoms with Crippen LogP contribution < -0.4 is 4.72 Å². The molecule has 2 aromatic rings. The largest absolute Gasteiger partial charge is 0.465 e. The van der Waals surface area contributed by atoms with Gasteiger partial charge in [-0.15, -0.1) is 0 Å². The first kappa shape index (κ1) is 16.9. The number of carbonyl (C=O) groups excluding carboxylic acids is 1. The van der Waals surface area contributed by atoms with E-state index in [1.807, 2.05) is 0 Å². The van der Waals surface area contributed by atoms with Gasteiger partial charge in [0, 0.05) is 6.07 Å². The van der Waals surface area contributed by atoms with Crippen LogP contribution in [0.3, 0.4) is 0 Å². The lowest BCUT2D eigenvalue weighted by atomic mass is 10.1. The summed E-state index contributed by atoms with van der Waals surface area (Å²) in [5.41, 5.74) is 0.775. The van der Waals surface area contributed by atoms with Crippen LogP contribution in [0.15, 0.2) is 41.3 Å². The monoisotopic (exact) mass is 341 g/mol. The van der Waals surface area contributed by atoms with E-state index >= 15 is 0 Å². The summed E-state index contributed by atoms with van der Waals surface area (Å²) < 4.78 is 57.7. The number of sulfonamides is 1. The van der Waals surface area contributed by atoms with Crippen LogP contribution in [0.5, 0.6) is 0 Å². The molecule has 0 saturated heterocycles. The van der Waals surface area contributed by atoms with Crippen molar-refractivity contribution in [2.75, 3.05) is 11.8 Å². The van der Waals surface area contributed by atoms with Crippen LogP contribution in [0.4, 0.5) is 14.5 Å². The molecule has 122 valence electrons. The second kappa shape index (κ2) is 6.33. The molecular weight excluding hydrogens is 328 g/mol. The minimum absolute atomic E-state index is 0.109. The summed E-state index contributed by atoms with van der Waals surface area (Å²) in [5, 5.41) is 0. The van der Waals surface area contributed by atoms with Gasteiger partial charge in [-0.05, 0) is 36.8 Å². The molecule has 0 spiro atoms. The number of esters is 1. The van der Waals surface area contributed by atoms with Gasteiger partial charge in [0.2, 0.25) is 0 Å². The molecule has 0 aliphatic rings. The highest BCUT2D eigenvalue weighted by Gasteiger charge is 2.18. The molecule has 23 heavy (non-hydrogen) atoms. The van der Waals surface area contributed by atoms with Crippen molar-refractivity contribution in [3.63, 3.8) is 0 Å². The standard InChI is InChI=1S/C15H13F2NO4S/c1-9-3-4-10(15(19)22-2)5-14(9)18-23(20,21)13-7-11(16)6-12(17)8-13/h3-8,18H,1-2H3. The summed E-state index contributed by atoms with van der Waals surface area (Å²) >= 11 is 0. The predicted molar refractivity (Wildman–Crippen MR) is 79.7 cm³/mol. The van der Waals surface area contributed by atoms with Crippen LogP contribution >= 0.6 is 0 Å². The molecule has 5 nitrogen and oxygen atoms in total. The molecule has 1 N–H and O–H groups in total. The number of carbonyl (C=O) groups is 1. The second-order valence-corrected chi connectivity index (χ2v) is 6.41. The van der Waals surface area contributed by atoms with Crippen molar-refractivity contribution in [3.05, 3.63) is 59.2 Å². The van der Waals surface area contributed by atoms with Gasteiger partial charge in [-0.1, -0.05) is 6.07 Å². The Labute approximate surface area is 132 Å². The van der Waals surface area contributed by atoms with Gasteiger partial charge in [-0.25, -0.2) is 22.0 Å². The topological polar surface area (TPSA) is 72.5 Å². The molecule has 0 radical (unpaired) electrons. The zero-order valence-electron chi connectivity index (χ0n) is 12.3. The van der Waals surface area contributed by atoms with Gasteiger partial charge in [-0.3, -0.25) is 4.72 Å². The van der Waals surface area contributed by atoms with Crippen molar-refractivity contribution in [1.82, 2.24) is 0 Å². The van der Waals surface area contributed by atoms with E-state index in [9.17, 15) is 22.0 Å².